The lowest BCUT2D eigenvalue weighted by atomic mass is 10.2. The van der Waals surface area contributed by atoms with Crippen molar-refractivity contribution in [2.45, 2.75) is 11.8 Å². The fourth-order valence-corrected chi connectivity index (χ4v) is 3.00. The summed E-state index contributed by atoms with van der Waals surface area (Å²) in [5.74, 6) is 0. The van der Waals surface area contributed by atoms with E-state index in [2.05, 4.69) is 15.9 Å². The van der Waals surface area contributed by atoms with Gasteiger partial charge >= 0.3 is 0 Å². The second-order valence-corrected chi connectivity index (χ2v) is 5.75. The minimum absolute atomic E-state index is 0.277. The summed E-state index contributed by atoms with van der Waals surface area (Å²) in [7, 11) is -3.18. The summed E-state index contributed by atoms with van der Waals surface area (Å²) >= 11 is 3.16. The van der Waals surface area contributed by atoms with Gasteiger partial charge in [0, 0.05) is 16.4 Å². The number of nitrogen functional groups attached to an aromatic ring is 1. The summed E-state index contributed by atoms with van der Waals surface area (Å²) in [6.07, 6.45) is 1.17. The predicted molar refractivity (Wildman–Crippen MR) is 56.4 cm³/mol. The minimum atomic E-state index is -3.18. The molecule has 5 heteroatoms. The molecule has 0 aliphatic heterocycles. The van der Waals surface area contributed by atoms with Gasteiger partial charge in [0.25, 0.3) is 0 Å². The molecule has 0 spiro atoms. The first-order chi connectivity index (χ1) is 5.82. The molecule has 0 heterocycles. The van der Waals surface area contributed by atoms with Crippen LogP contribution in [0.3, 0.4) is 0 Å². The quantitative estimate of drug-likeness (QED) is 0.786. The maximum Gasteiger partial charge on any atom is 0.176 e. The van der Waals surface area contributed by atoms with E-state index in [-0.39, 0.29) is 4.90 Å². The first-order valence-electron chi connectivity index (χ1n) is 3.58. The van der Waals surface area contributed by atoms with Crippen LogP contribution in [0.15, 0.2) is 21.5 Å². The molecule has 3 nitrogen and oxygen atoms in total. The monoisotopic (exact) mass is 263 g/mol. The Hall–Kier alpha value is -0.550. The Balaban J connectivity index is 3.50. The normalized spacial score (nSPS) is 11.6. The molecule has 0 saturated carbocycles. The van der Waals surface area contributed by atoms with Crippen molar-refractivity contribution in [1.29, 1.82) is 0 Å². The molecular weight excluding hydrogens is 254 g/mol. The zero-order valence-corrected chi connectivity index (χ0v) is 9.74. The van der Waals surface area contributed by atoms with Gasteiger partial charge in [0.15, 0.2) is 9.84 Å². The van der Waals surface area contributed by atoms with Crippen LogP contribution in [0.4, 0.5) is 5.69 Å². The Morgan fingerprint density at radius 1 is 1.38 bits per heavy atom. The zero-order valence-electron chi connectivity index (χ0n) is 7.33. The third-order valence-electron chi connectivity index (χ3n) is 1.72. The number of hydrogen-bond acceptors (Lipinski definition) is 3. The number of anilines is 1. The molecule has 0 aliphatic rings. The van der Waals surface area contributed by atoms with E-state index in [9.17, 15) is 8.42 Å². The van der Waals surface area contributed by atoms with Gasteiger partial charge in [-0.3, -0.25) is 0 Å². The number of hydrogen-bond donors (Lipinski definition) is 1. The molecule has 13 heavy (non-hydrogen) atoms. The number of sulfone groups is 1. The largest absolute Gasteiger partial charge is 0.398 e. The van der Waals surface area contributed by atoms with Gasteiger partial charge in [-0.15, -0.1) is 0 Å². The maximum absolute atomic E-state index is 11.2. The van der Waals surface area contributed by atoms with E-state index in [1.54, 1.807) is 19.1 Å². The topological polar surface area (TPSA) is 60.2 Å². The molecule has 72 valence electrons. The molecule has 1 aromatic rings. The lowest BCUT2D eigenvalue weighted by Gasteiger charge is -2.05. The molecule has 0 radical (unpaired) electrons. The Labute approximate surface area is 86.0 Å². The molecule has 0 bridgehead atoms. The van der Waals surface area contributed by atoms with Gasteiger partial charge < -0.3 is 5.73 Å². The zero-order chi connectivity index (χ0) is 10.2. The van der Waals surface area contributed by atoms with Crippen molar-refractivity contribution < 1.29 is 8.42 Å². The van der Waals surface area contributed by atoms with Crippen molar-refractivity contribution in [2.75, 3.05) is 12.0 Å². The van der Waals surface area contributed by atoms with E-state index in [0.29, 0.717) is 10.2 Å². The van der Waals surface area contributed by atoms with E-state index in [0.717, 1.165) is 5.56 Å². The van der Waals surface area contributed by atoms with Crippen LogP contribution in [0, 0.1) is 6.92 Å². The molecule has 1 aromatic carbocycles. The minimum Gasteiger partial charge on any atom is -0.398 e. The van der Waals surface area contributed by atoms with Crippen molar-refractivity contribution in [1.82, 2.24) is 0 Å². The molecule has 0 saturated heterocycles. The van der Waals surface area contributed by atoms with Crippen LogP contribution in [-0.4, -0.2) is 14.7 Å². The Morgan fingerprint density at radius 3 is 2.38 bits per heavy atom. The number of nitrogens with two attached hydrogens (primary N) is 1. The van der Waals surface area contributed by atoms with Gasteiger partial charge in [0.2, 0.25) is 0 Å². The average molecular weight is 264 g/mol. The Morgan fingerprint density at radius 2 is 1.92 bits per heavy atom. The van der Waals surface area contributed by atoms with Gasteiger partial charge in [-0.1, -0.05) is 0 Å². The van der Waals surface area contributed by atoms with Crippen LogP contribution in [0.5, 0.6) is 0 Å². The van der Waals surface area contributed by atoms with E-state index in [1.807, 2.05) is 0 Å². The van der Waals surface area contributed by atoms with Crippen molar-refractivity contribution in [3.05, 3.63) is 22.2 Å². The van der Waals surface area contributed by atoms with Gasteiger partial charge in [0.05, 0.1) is 4.90 Å². The standard InChI is InChI=1S/C8H10BrNO2S/c1-5-3-8(13(2,11)12)6(9)4-7(5)10/h3-4H,10H2,1-2H3. The molecule has 0 amide bonds. The molecule has 0 fully saturated rings. The predicted octanol–water partition coefficient (Wildman–Crippen LogP) is 1.74. The van der Waals surface area contributed by atoms with Crippen molar-refractivity contribution in [3.8, 4) is 0 Å². The third kappa shape index (κ3) is 2.22. The van der Waals surface area contributed by atoms with E-state index in [4.69, 9.17) is 5.73 Å². The molecule has 0 unspecified atom stereocenters. The van der Waals surface area contributed by atoms with Gasteiger partial charge in [0.1, 0.15) is 0 Å². The molecule has 0 aromatic heterocycles. The van der Waals surface area contributed by atoms with Gasteiger partial charge in [-0.05, 0) is 40.5 Å². The van der Waals surface area contributed by atoms with Crippen molar-refractivity contribution in [3.63, 3.8) is 0 Å². The lowest BCUT2D eigenvalue weighted by molar-refractivity contribution is 0.601. The highest BCUT2D eigenvalue weighted by atomic mass is 79.9. The molecule has 1 rings (SSSR count). The Kier molecular flexibility index (Phi) is 2.68. The summed E-state index contributed by atoms with van der Waals surface area (Å²) in [4.78, 5) is 0.277. The van der Waals surface area contributed by atoms with Crippen LogP contribution in [-0.2, 0) is 9.84 Å². The van der Waals surface area contributed by atoms with Crippen molar-refractivity contribution in [2.24, 2.45) is 0 Å². The van der Waals surface area contributed by atoms with Crippen LogP contribution in [0.1, 0.15) is 5.56 Å². The maximum atomic E-state index is 11.2. The van der Waals surface area contributed by atoms with E-state index < -0.39 is 9.84 Å². The lowest BCUT2D eigenvalue weighted by Crippen LogP contribution is -2.00. The summed E-state index contributed by atoms with van der Waals surface area (Å²) in [5, 5.41) is 0. The summed E-state index contributed by atoms with van der Waals surface area (Å²) in [5.41, 5.74) is 6.96. The number of rotatable bonds is 1. The summed E-state index contributed by atoms with van der Waals surface area (Å²) < 4.78 is 23.0. The highest BCUT2D eigenvalue weighted by Crippen LogP contribution is 2.26. The van der Waals surface area contributed by atoms with Crippen LogP contribution < -0.4 is 5.73 Å². The Bertz CT molecular complexity index is 440. The molecule has 0 aliphatic carbocycles. The van der Waals surface area contributed by atoms with Gasteiger partial charge in [-0.25, -0.2) is 8.42 Å². The number of halogens is 1. The molecule has 2 N–H and O–H groups in total. The fraction of sp³-hybridized carbons (Fsp3) is 0.250. The summed E-state index contributed by atoms with van der Waals surface area (Å²) in [6.45, 7) is 1.77. The van der Waals surface area contributed by atoms with E-state index >= 15 is 0 Å². The smallest absolute Gasteiger partial charge is 0.176 e. The number of benzene rings is 1. The highest BCUT2D eigenvalue weighted by Gasteiger charge is 2.12. The second kappa shape index (κ2) is 3.31. The highest BCUT2D eigenvalue weighted by molar-refractivity contribution is 9.10. The third-order valence-corrected chi connectivity index (χ3v) is 3.78. The van der Waals surface area contributed by atoms with Crippen molar-refractivity contribution >= 4 is 31.5 Å². The SMILES string of the molecule is Cc1cc(S(C)(=O)=O)c(Br)cc1N. The fourth-order valence-electron chi connectivity index (χ4n) is 0.955. The summed E-state index contributed by atoms with van der Waals surface area (Å²) in [6, 6.07) is 3.17. The molecule has 0 atom stereocenters. The first-order valence-corrected chi connectivity index (χ1v) is 6.26. The van der Waals surface area contributed by atoms with Gasteiger partial charge in [-0.2, -0.15) is 0 Å². The average Bonchev–Trinajstić information content (AvgIpc) is 1.94. The van der Waals surface area contributed by atoms with Crippen LogP contribution in [0.2, 0.25) is 0 Å². The molecular formula is C8H10BrNO2S. The first kappa shape index (κ1) is 10.5. The second-order valence-electron chi connectivity index (χ2n) is 2.91. The van der Waals surface area contributed by atoms with Crippen LogP contribution in [0.25, 0.3) is 0 Å². The number of aryl methyl sites for hydroxylation is 1. The van der Waals surface area contributed by atoms with E-state index in [1.165, 1.54) is 6.26 Å². The van der Waals surface area contributed by atoms with Crippen LogP contribution >= 0.6 is 15.9 Å².